The van der Waals surface area contributed by atoms with Gasteiger partial charge in [-0.25, -0.2) is 4.98 Å². The molecule has 2 aromatic heterocycles. The molecule has 5 heteroatoms. The first kappa shape index (κ1) is 12.3. The van der Waals surface area contributed by atoms with Crippen LogP contribution >= 0.6 is 22.7 Å². The number of carbonyl (C=O) groups excluding carboxylic acids is 1. The molecule has 0 aliphatic carbocycles. The minimum Gasteiger partial charge on any atom is -0.348 e. The second kappa shape index (κ2) is 5.42. The van der Waals surface area contributed by atoms with Gasteiger partial charge in [-0.1, -0.05) is 13.0 Å². The van der Waals surface area contributed by atoms with E-state index in [0.29, 0.717) is 5.69 Å². The number of thiophene rings is 1. The highest BCUT2D eigenvalue weighted by Gasteiger charge is 2.13. The topological polar surface area (TPSA) is 42.0 Å². The second-order valence-corrected chi connectivity index (χ2v) is 5.60. The lowest BCUT2D eigenvalue weighted by Crippen LogP contribution is -2.32. The lowest BCUT2D eigenvalue weighted by Gasteiger charge is -2.09. The molecule has 1 unspecified atom stereocenters. The average Bonchev–Trinajstić information content (AvgIpc) is 2.98. The molecule has 1 N–H and O–H groups in total. The Bertz CT molecular complexity index is 490. The third kappa shape index (κ3) is 2.92. The second-order valence-electron chi connectivity index (χ2n) is 3.80. The largest absolute Gasteiger partial charge is 0.348 e. The van der Waals surface area contributed by atoms with E-state index < -0.39 is 0 Å². The lowest BCUT2D eigenvalue weighted by atomic mass is 10.2. The molecule has 0 spiro atoms. The summed E-state index contributed by atoms with van der Waals surface area (Å²) in [6.45, 7) is 4.04. The first-order chi connectivity index (χ1) is 8.20. The van der Waals surface area contributed by atoms with Gasteiger partial charge in [0.25, 0.3) is 5.91 Å². The summed E-state index contributed by atoms with van der Waals surface area (Å²) in [5, 5.41) is 7.65. The molecule has 1 amide bonds. The summed E-state index contributed by atoms with van der Waals surface area (Å²) < 4.78 is 0. The highest BCUT2D eigenvalue weighted by atomic mass is 32.1. The van der Waals surface area contributed by atoms with Gasteiger partial charge >= 0.3 is 0 Å². The van der Waals surface area contributed by atoms with Crippen molar-refractivity contribution >= 4 is 28.6 Å². The molecule has 0 aliphatic heterocycles. The molecular weight excluding hydrogens is 252 g/mol. The molecule has 1 atom stereocenters. The predicted molar refractivity (Wildman–Crippen MR) is 72.6 cm³/mol. The van der Waals surface area contributed by atoms with Gasteiger partial charge in [0.05, 0.1) is 4.88 Å². The van der Waals surface area contributed by atoms with Crippen LogP contribution < -0.4 is 5.32 Å². The normalized spacial score (nSPS) is 12.4. The van der Waals surface area contributed by atoms with Crippen LogP contribution in [0.25, 0.3) is 9.88 Å². The van der Waals surface area contributed by atoms with E-state index in [2.05, 4.69) is 10.3 Å². The summed E-state index contributed by atoms with van der Waals surface area (Å²) in [6.07, 6.45) is 0.924. The molecule has 0 aromatic carbocycles. The SMILES string of the molecule is CCC(C)NC(=O)c1csc(-c2cccs2)n1. The van der Waals surface area contributed by atoms with E-state index in [4.69, 9.17) is 0 Å². The van der Waals surface area contributed by atoms with Crippen molar-refractivity contribution in [1.29, 1.82) is 0 Å². The molecule has 17 heavy (non-hydrogen) atoms. The van der Waals surface area contributed by atoms with Gasteiger partial charge in [-0.3, -0.25) is 4.79 Å². The zero-order chi connectivity index (χ0) is 12.3. The van der Waals surface area contributed by atoms with Gasteiger partial charge in [0, 0.05) is 11.4 Å². The first-order valence-corrected chi connectivity index (χ1v) is 7.27. The molecule has 0 saturated carbocycles. The zero-order valence-corrected chi connectivity index (χ0v) is 11.4. The van der Waals surface area contributed by atoms with Gasteiger partial charge in [-0.15, -0.1) is 22.7 Å². The maximum absolute atomic E-state index is 11.8. The summed E-state index contributed by atoms with van der Waals surface area (Å²) in [5.74, 6) is -0.0848. The quantitative estimate of drug-likeness (QED) is 0.921. The van der Waals surface area contributed by atoms with Gasteiger partial charge < -0.3 is 5.32 Å². The van der Waals surface area contributed by atoms with Gasteiger partial charge in [0.1, 0.15) is 10.7 Å². The number of rotatable bonds is 4. The molecule has 0 bridgehead atoms. The Balaban J connectivity index is 2.11. The van der Waals surface area contributed by atoms with Crippen LogP contribution in [0.4, 0.5) is 0 Å². The van der Waals surface area contributed by atoms with E-state index in [1.54, 1.807) is 11.3 Å². The minimum absolute atomic E-state index is 0.0848. The first-order valence-electron chi connectivity index (χ1n) is 5.51. The van der Waals surface area contributed by atoms with Gasteiger partial charge in [-0.05, 0) is 24.8 Å². The third-order valence-corrected chi connectivity index (χ3v) is 4.34. The number of nitrogens with zero attached hydrogens (tertiary/aromatic N) is 1. The maximum Gasteiger partial charge on any atom is 0.270 e. The van der Waals surface area contributed by atoms with Crippen molar-refractivity contribution < 1.29 is 4.79 Å². The van der Waals surface area contributed by atoms with Gasteiger partial charge in [0.2, 0.25) is 0 Å². The van der Waals surface area contributed by atoms with Crippen LogP contribution in [0.2, 0.25) is 0 Å². The fraction of sp³-hybridized carbons (Fsp3) is 0.333. The smallest absolute Gasteiger partial charge is 0.270 e. The molecule has 3 nitrogen and oxygen atoms in total. The zero-order valence-electron chi connectivity index (χ0n) is 9.77. The Kier molecular flexibility index (Phi) is 3.91. The Morgan fingerprint density at radius 2 is 2.35 bits per heavy atom. The Morgan fingerprint density at radius 3 is 3.00 bits per heavy atom. The monoisotopic (exact) mass is 266 g/mol. The molecule has 2 heterocycles. The van der Waals surface area contributed by atoms with Gasteiger partial charge in [0.15, 0.2) is 0 Å². The summed E-state index contributed by atoms with van der Waals surface area (Å²) in [6, 6.07) is 4.19. The van der Waals surface area contributed by atoms with Crippen LogP contribution in [0.3, 0.4) is 0 Å². The molecule has 0 fully saturated rings. The molecule has 0 radical (unpaired) electrons. The lowest BCUT2D eigenvalue weighted by molar-refractivity contribution is 0.0935. The van der Waals surface area contributed by atoms with Crippen molar-refractivity contribution in [3.8, 4) is 9.88 Å². The summed E-state index contributed by atoms with van der Waals surface area (Å²) in [7, 11) is 0. The van der Waals surface area contributed by atoms with E-state index >= 15 is 0 Å². The van der Waals surface area contributed by atoms with E-state index in [1.165, 1.54) is 11.3 Å². The Morgan fingerprint density at radius 1 is 1.53 bits per heavy atom. The Labute approximate surface area is 109 Å². The summed E-state index contributed by atoms with van der Waals surface area (Å²) in [5.41, 5.74) is 0.513. The summed E-state index contributed by atoms with van der Waals surface area (Å²) >= 11 is 3.14. The van der Waals surface area contributed by atoms with Crippen LogP contribution in [-0.2, 0) is 0 Å². The Hall–Kier alpha value is -1.20. The van der Waals surface area contributed by atoms with Crippen molar-refractivity contribution in [3.05, 3.63) is 28.6 Å². The number of carbonyl (C=O) groups is 1. The predicted octanol–water partition coefficient (Wildman–Crippen LogP) is 3.40. The number of thiazole rings is 1. The van der Waals surface area contributed by atoms with Crippen LogP contribution in [0.15, 0.2) is 22.9 Å². The van der Waals surface area contributed by atoms with Crippen molar-refractivity contribution in [3.63, 3.8) is 0 Å². The van der Waals surface area contributed by atoms with Crippen LogP contribution in [-0.4, -0.2) is 16.9 Å². The van der Waals surface area contributed by atoms with Crippen LogP contribution in [0, 0.1) is 0 Å². The van der Waals surface area contributed by atoms with Crippen LogP contribution in [0.1, 0.15) is 30.8 Å². The van der Waals surface area contributed by atoms with E-state index in [-0.39, 0.29) is 11.9 Å². The summed E-state index contributed by atoms with van der Waals surface area (Å²) in [4.78, 5) is 17.3. The van der Waals surface area contributed by atoms with Gasteiger partial charge in [-0.2, -0.15) is 0 Å². The van der Waals surface area contributed by atoms with E-state index in [9.17, 15) is 4.79 Å². The standard InChI is InChI=1S/C12H14N2OS2/c1-3-8(2)13-11(15)9-7-17-12(14-9)10-5-4-6-16-10/h4-8H,3H2,1-2H3,(H,13,15). The number of hydrogen-bond donors (Lipinski definition) is 1. The van der Waals surface area contributed by atoms with Crippen molar-refractivity contribution in [2.75, 3.05) is 0 Å². The van der Waals surface area contributed by atoms with Crippen molar-refractivity contribution in [2.45, 2.75) is 26.3 Å². The molecule has 0 saturated heterocycles. The highest BCUT2D eigenvalue weighted by molar-refractivity contribution is 7.20. The fourth-order valence-corrected chi connectivity index (χ4v) is 2.91. The van der Waals surface area contributed by atoms with Crippen LogP contribution in [0.5, 0.6) is 0 Å². The molecule has 2 rings (SSSR count). The highest BCUT2D eigenvalue weighted by Crippen LogP contribution is 2.27. The van der Waals surface area contributed by atoms with E-state index in [1.807, 2.05) is 36.7 Å². The number of nitrogens with one attached hydrogen (secondary N) is 1. The molecule has 2 aromatic rings. The molecular formula is C12H14N2OS2. The average molecular weight is 266 g/mol. The molecule has 90 valence electrons. The van der Waals surface area contributed by atoms with Crippen molar-refractivity contribution in [2.24, 2.45) is 0 Å². The molecule has 0 aliphatic rings. The third-order valence-electron chi connectivity index (χ3n) is 2.46. The maximum atomic E-state index is 11.8. The number of amides is 1. The fourth-order valence-electron chi connectivity index (χ4n) is 1.29. The number of hydrogen-bond acceptors (Lipinski definition) is 4. The van der Waals surface area contributed by atoms with Crippen molar-refractivity contribution in [1.82, 2.24) is 10.3 Å². The van der Waals surface area contributed by atoms with E-state index in [0.717, 1.165) is 16.3 Å². The number of aromatic nitrogens is 1. The minimum atomic E-state index is -0.0848.